The van der Waals surface area contributed by atoms with Gasteiger partial charge in [0.05, 0.1) is 12.0 Å². The standard InChI is InChI=1S/C29H52O2/c1-3-5-6-7-8-13-20-28(29(27(30)31-4-2)21-14-10-15-22-29)23-18-26(19-24-28)25-16-11-9-12-17-25/h25-26H,3-24H2,1-2H3. The highest BCUT2D eigenvalue weighted by Crippen LogP contribution is 2.61. The first-order chi connectivity index (χ1) is 15.2. The van der Waals surface area contributed by atoms with Crippen LogP contribution in [0.3, 0.4) is 0 Å². The second kappa shape index (κ2) is 12.6. The number of unbranched alkanes of at least 4 members (excludes halogenated alkanes) is 5. The van der Waals surface area contributed by atoms with Gasteiger partial charge in [-0.2, -0.15) is 0 Å². The van der Waals surface area contributed by atoms with Crippen molar-refractivity contribution in [3.63, 3.8) is 0 Å². The summed E-state index contributed by atoms with van der Waals surface area (Å²) in [5, 5.41) is 0. The van der Waals surface area contributed by atoms with Gasteiger partial charge in [0.25, 0.3) is 0 Å². The molecule has 0 saturated heterocycles. The van der Waals surface area contributed by atoms with Gasteiger partial charge in [-0.25, -0.2) is 0 Å². The maximum absolute atomic E-state index is 13.6. The van der Waals surface area contributed by atoms with Gasteiger partial charge in [0.2, 0.25) is 0 Å². The summed E-state index contributed by atoms with van der Waals surface area (Å²) in [6, 6.07) is 0. The Hall–Kier alpha value is -0.530. The SMILES string of the molecule is CCCCCCCCC1(C2(C(=O)OCC)CCCCC2)CCC(C2CCCCC2)CC1. The first kappa shape index (κ1) is 25.1. The number of esters is 1. The number of hydrogen-bond acceptors (Lipinski definition) is 2. The van der Waals surface area contributed by atoms with Crippen molar-refractivity contribution in [3.05, 3.63) is 0 Å². The van der Waals surface area contributed by atoms with Crippen LogP contribution in [0.2, 0.25) is 0 Å². The third-order valence-electron chi connectivity index (χ3n) is 9.70. The first-order valence-corrected chi connectivity index (χ1v) is 14.3. The second-order valence-corrected chi connectivity index (χ2v) is 11.4. The van der Waals surface area contributed by atoms with Crippen molar-refractivity contribution in [3.8, 4) is 0 Å². The van der Waals surface area contributed by atoms with Crippen LogP contribution < -0.4 is 0 Å². The molecule has 3 rings (SSSR count). The van der Waals surface area contributed by atoms with Gasteiger partial charge in [0.1, 0.15) is 0 Å². The highest BCUT2D eigenvalue weighted by atomic mass is 16.5. The van der Waals surface area contributed by atoms with E-state index in [1.54, 1.807) is 0 Å². The molecule has 3 saturated carbocycles. The highest BCUT2D eigenvalue weighted by Gasteiger charge is 2.57. The zero-order chi connectivity index (χ0) is 22.0. The maximum Gasteiger partial charge on any atom is 0.312 e. The molecule has 2 nitrogen and oxygen atoms in total. The quantitative estimate of drug-likeness (QED) is 0.240. The molecule has 3 aliphatic carbocycles. The molecule has 0 amide bonds. The third kappa shape index (κ3) is 6.08. The Kier molecular flexibility index (Phi) is 10.2. The molecule has 0 N–H and O–H groups in total. The number of ether oxygens (including phenoxy) is 1. The van der Waals surface area contributed by atoms with Gasteiger partial charge < -0.3 is 4.74 Å². The van der Waals surface area contributed by atoms with Crippen LogP contribution in [0.5, 0.6) is 0 Å². The molecule has 0 atom stereocenters. The average Bonchev–Trinajstić information content (AvgIpc) is 2.83. The van der Waals surface area contributed by atoms with Gasteiger partial charge in [-0.05, 0) is 69.1 Å². The van der Waals surface area contributed by atoms with E-state index in [1.165, 1.54) is 122 Å². The van der Waals surface area contributed by atoms with Gasteiger partial charge in [-0.3, -0.25) is 4.79 Å². The van der Waals surface area contributed by atoms with E-state index < -0.39 is 0 Å². The zero-order valence-corrected chi connectivity index (χ0v) is 21.0. The second-order valence-electron chi connectivity index (χ2n) is 11.4. The molecule has 0 aromatic carbocycles. The summed E-state index contributed by atoms with van der Waals surface area (Å²) in [7, 11) is 0. The molecule has 2 heteroatoms. The topological polar surface area (TPSA) is 26.3 Å². The number of carbonyl (C=O) groups is 1. The Labute approximate surface area is 193 Å². The predicted octanol–water partition coefficient (Wildman–Crippen LogP) is 9.01. The smallest absolute Gasteiger partial charge is 0.312 e. The van der Waals surface area contributed by atoms with Crippen LogP contribution in [-0.2, 0) is 9.53 Å². The van der Waals surface area contributed by atoms with E-state index in [2.05, 4.69) is 6.92 Å². The predicted molar refractivity (Wildman–Crippen MR) is 131 cm³/mol. The molecule has 0 radical (unpaired) electrons. The fraction of sp³-hybridized carbons (Fsp3) is 0.966. The Bertz CT molecular complexity index is 505. The molecule has 3 fully saturated rings. The fourth-order valence-electron chi connectivity index (χ4n) is 7.86. The summed E-state index contributed by atoms with van der Waals surface area (Å²) >= 11 is 0. The van der Waals surface area contributed by atoms with Crippen molar-refractivity contribution in [2.24, 2.45) is 22.7 Å². The lowest BCUT2D eigenvalue weighted by Crippen LogP contribution is -2.52. The van der Waals surface area contributed by atoms with E-state index in [1.807, 2.05) is 6.92 Å². The molecule has 3 aliphatic rings. The van der Waals surface area contributed by atoms with E-state index in [0.717, 1.165) is 24.7 Å². The van der Waals surface area contributed by atoms with E-state index in [0.29, 0.717) is 6.61 Å². The van der Waals surface area contributed by atoms with Gasteiger partial charge in [-0.15, -0.1) is 0 Å². The molecular weight excluding hydrogens is 380 g/mol. The number of carbonyl (C=O) groups excluding carboxylic acids is 1. The Morgan fingerprint density at radius 2 is 1.29 bits per heavy atom. The third-order valence-corrected chi connectivity index (χ3v) is 9.70. The summed E-state index contributed by atoms with van der Waals surface area (Å²) in [6.45, 7) is 4.83. The van der Waals surface area contributed by atoms with Crippen LogP contribution in [0.15, 0.2) is 0 Å². The van der Waals surface area contributed by atoms with Gasteiger partial charge >= 0.3 is 5.97 Å². The molecule has 180 valence electrons. The zero-order valence-electron chi connectivity index (χ0n) is 21.0. The first-order valence-electron chi connectivity index (χ1n) is 14.3. The molecule has 31 heavy (non-hydrogen) atoms. The fourth-order valence-corrected chi connectivity index (χ4v) is 7.86. The minimum atomic E-state index is -0.178. The minimum Gasteiger partial charge on any atom is -0.466 e. The van der Waals surface area contributed by atoms with Gasteiger partial charge in [-0.1, -0.05) is 96.8 Å². The molecule has 0 aromatic heterocycles. The highest BCUT2D eigenvalue weighted by molar-refractivity contribution is 5.78. The van der Waals surface area contributed by atoms with Gasteiger partial charge in [0, 0.05) is 0 Å². The summed E-state index contributed by atoms with van der Waals surface area (Å²) < 4.78 is 5.83. The van der Waals surface area contributed by atoms with Crippen molar-refractivity contribution in [2.75, 3.05) is 6.61 Å². The van der Waals surface area contributed by atoms with Crippen LogP contribution in [-0.4, -0.2) is 12.6 Å². The largest absolute Gasteiger partial charge is 0.466 e. The molecular formula is C29H52O2. The molecule has 0 aliphatic heterocycles. The number of hydrogen-bond donors (Lipinski definition) is 0. The summed E-state index contributed by atoms with van der Waals surface area (Å²) in [6.07, 6.45) is 28.0. The molecule has 0 bridgehead atoms. The van der Waals surface area contributed by atoms with Crippen LogP contribution in [0.4, 0.5) is 0 Å². The van der Waals surface area contributed by atoms with E-state index in [-0.39, 0.29) is 16.8 Å². The summed E-state index contributed by atoms with van der Waals surface area (Å²) in [4.78, 5) is 13.6. The van der Waals surface area contributed by atoms with Crippen molar-refractivity contribution >= 4 is 5.97 Å². The minimum absolute atomic E-state index is 0.178. The van der Waals surface area contributed by atoms with Gasteiger partial charge in [0.15, 0.2) is 0 Å². The number of rotatable bonds is 11. The van der Waals surface area contributed by atoms with E-state index in [9.17, 15) is 4.79 Å². The lowest BCUT2D eigenvalue weighted by molar-refractivity contribution is -0.174. The van der Waals surface area contributed by atoms with Crippen LogP contribution in [0, 0.1) is 22.7 Å². The summed E-state index contributed by atoms with van der Waals surface area (Å²) in [5.74, 6) is 2.09. The average molecular weight is 433 g/mol. The molecule has 0 spiro atoms. The Balaban J connectivity index is 1.72. The molecule has 0 heterocycles. The van der Waals surface area contributed by atoms with E-state index >= 15 is 0 Å². The summed E-state index contributed by atoms with van der Waals surface area (Å²) in [5.41, 5.74) is 0.0395. The lowest BCUT2D eigenvalue weighted by Gasteiger charge is -2.55. The Morgan fingerprint density at radius 1 is 0.710 bits per heavy atom. The van der Waals surface area contributed by atoms with Crippen molar-refractivity contribution in [2.45, 2.75) is 149 Å². The molecule has 0 unspecified atom stereocenters. The van der Waals surface area contributed by atoms with Crippen LogP contribution in [0.25, 0.3) is 0 Å². The Morgan fingerprint density at radius 3 is 1.94 bits per heavy atom. The van der Waals surface area contributed by atoms with E-state index in [4.69, 9.17) is 4.74 Å². The van der Waals surface area contributed by atoms with Crippen LogP contribution in [0.1, 0.15) is 149 Å². The van der Waals surface area contributed by atoms with Crippen LogP contribution >= 0.6 is 0 Å². The maximum atomic E-state index is 13.6. The lowest BCUT2D eigenvalue weighted by atomic mass is 9.49. The molecule has 0 aromatic rings. The van der Waals surface area contributed by atoms with Crippen molar-refractivity contribution in [1.29, 1.82) is 0 Å². The van der Waals surface area contributed by atoms with Crippen molar-refractivity contribution < 1.29 is 9.53 Å². The normalized spacial score (nSPS) is 29.5. The van der Waals surface area contributed by atoms with Crippen molar-refractivity contribution in [1.82, 2.24) is 0 Å². The monoisotopic (exact) mass is 432 g/mol.